The highest BCUT2D eigenvalue weighted by Gasteiger charge is 1.97. The van der Waals surface area contributed by atoms with Crippen molar-refractivity contribution in [3.63, 3.8) is 0 Å². The molecule has 0 bridgehead atoms. The first-order valence-electron chi connectivity index (χ1n) is 5.24. The van der Waals surface area contributed by atoms with Gasteiger partial charge in [0.05, 0.1) is 11.9 Å². The van der Waals surface area contributed by atoms with E-state index in [1.807, 2.05) is 24.1 Å². The Morgan fingerprint density at radius 2 is 2.31 bits per heavy atom. The molecule has 16 heavy (non-hydrogen) atoms. The van der Waals surface area contributed by atoms with Gasteiger partial charge in [0.15, 0.2) is 0 Å². The molecule has 0 saturated carbocycles. The molecule has 1 N–H and O–H groups in total. The van der Waals surface area contributed by atoms with Crippen LogP contribution in [0.4, 0.5) is 0 Å². The lowest BCUT2D eigenvalue weighted by Gasteiger charge is -2.02. The smallest absolute Gasteiger partial charge is 0.0964 e. The van der Waals surface area contributed by atoms with Crippen LogP contribution in [-0.2, 0) is 20.1 Å². The summed E-state index contributed by atoms with van der Waals surface area (Å²) in [6, 6.07) is 0. The van der Waals surface area contributed by atoms with Crippen LogP contribution in [0.2, 0.25) is 0 Å². The summed E-state index contributed by atoms with van der Waals surface area (Å²) in [4.78, 5) is 0. The van der Waals surface area contributed by atoms with Crippen molar-refractivity contribution in [2.75, 3.05) is 6.54 Å². The fraction of sp³-hybridized carbons (Fsp3) is 0.556. The molecule has 0 atom stereocenters. The van der Waals surface area contributed by atoms with Crippen molar-refractivity contribution in [3.05, 3.63) is 24.3 Å². The van der Waals surface area contributed by atoms with Gasteiger partial charge in [0.1, 0.15) is 0 Å². The Hall–Kier alpha value is -1.76. The molecule has 0 unspecified atom stereocenters. The molecule has 7 nitrogen and oxygen atoms in total. The number of hydrogen-bond acceptors (Lipinski definition) is 5. The van der Waals surface area contributed by atoms with Crippen LogP contribution in [-0.4, -0.2) is 36.5 Å². The molecule has 86 valence electrons. The van der Waals surface area contributed by atoms with Gasteiger partial charge >= 0.3 is 0 Å². The molecule has 2 rings (SSSR count). The van der Waals surface area contributed by atoms with Crippen LogP contribution >= 0.6 is 0 Å². The Kier molecular flexibility index (Phi) is 3.60. The van der Waals surface area contributed by atoms with Crippen molar-refractivity contribution >= 4 is 0 Å². The summed E-state index contributed by atoms with van der Waals surface area (Å²) < 4.78 is 3.52. The van der Waals surface area contributed by atoms with Crippen molar-refractivity contribution in [3.8, 4) is 0 Å². The molecule has 0 fully saturated rings. The van der Waals surface area contributed by atoms with E-state index in [0.717, 1.165) is 31.7 Å². The average molecular weight is 221 g/mol. The third-order valence-corrected chi connectivity index (χ3v) is 2.17. The normalized spacial score (nSPS) is 10.8. The first-order chi connectivity index (χ1) is 7.84. The van der Waals surface area contributed by atoms with Gasteiger partial charge in [0.2, 0.25) is 0 Å². The van der Waals surface area contributed by atoms with E-state index in [2.05, 4.69) is 25.9 Å². The second kappa shape index (κ2) is 5.36. The minimum Gasteiger partial charge on any atom is -0.311 e. The topological polar surface area (TPSA) is 73.5 Å². The summed E-state index contributed by atoms with van der Waals surface area (Å²) in [6.45, 7) is 2.56. The Balaban J connectivity index is 1.59. The molecule has 2 heterocycles. The van der Waals surface area contributed by atoms with E-state index in [9.17, 15) is 0 Å². The van der Waals surface area contributed by atoms with E-state index in [0.29, 0.717) is 0 Å². The molecule has 0 aliphatic heterocycles. The van der Waals surface area contributed by atoms with Crippen molar-refractivity contribution < 1.29 is 0 Å². The van der Waals surface area contributed by atoms with Gasteiger partial charge in [0.25, 0.3) is 0 Å². The van der Waals surface area contributed by atoms with Crippen molar-refractivity contribution in [1.82, 2.24) is 35.3 Å². The molecule has 2 aromatic rings. The van der Waals surface area contributed by atoms with E-state index < -0.39 is 0 Å². The molecule has 0 aliphatic rings. The third kappa shape index (κ3) is 3.13. The quantitative estimate of drug-likeness (QED) is 0.671. The second-order valence-corrected chi connectivity index (χ2v) is 3.58. The van der Waals surface area contributed by atoms with Crippen molar-refractivity contribution in [1.29, 1.82) is 0 Å². The number of aromatic nitrogens is 6. The highest BCUT2D eigenvalue weighted by molar-refractivity contribution is 4.90. The fourth-order valence-corrected chi connectivity index (χ4v) is 1.41. The maximum Gasteiger partial charge on any atom is 0.0964 e. The van der Waals surface area contributed by atoms with Gasteiger partial charge in [-0.15, -0.1) is 10.2 Å². The molecule has 0 aromatic carbocycles. The van der Waals surface area contributed by atoms with Gasteiger partial charge in [-0.2, -0.15) is 0 Å². The van der Waals surface area contributed by atoms with Crippen molar-refractivity contribution in [2.24, 2.45) is 7.05 Å². The second-order valence-electron chi connectivity index (χ2n) is 3.58. The summed E-state index contributed by atoms with van der Waals surface area (Å²) in [5.74, 6) is 0. The monoisotopic (exact) mass is 221 g/mol. The number of rotatable bonds is 6. The van der Waals surface area contributed by atoms with Crippen LogP contribution in [0.1, 0.15) is 12.1 Å². The van der Waals surface area contributed by atoms with E-state index in [-0.39, 0.29) is 0 Å². The van der Waals surface area contributed by atoms with E-state index in [4.69, 9.17) is 0 Å². The predicted molar refractivity (Wildman–Crippen MR) is 57.3 cm³/mol. The summed E-state index contributed by atoms with van der Waals surface area (Å²) in [7, 11) is 1.86. The van der Waals surface area contributed by atoms with Gasteiger partial charge in [-0.25, -0.2) is 0 Å². The van der Waals surface area contributed by atoms with Crippen LogP contribution in [0.5, 0.6) is 0 Å². The highest BCUT2D eigenvalue weighted by Crippen LogP contribution is 1.91. The lowest BCUT2D eigenvalue weighted by Crippen LogP contribution is -2.17. The summed E-state index contributed by atoms with van der Waals surface area (Å²) in [5, 5.41) is 18.8. The molecule has 0 saturated heterocycles. The van der Waals surface area contributed by atoms with Crippen LogP contribution in [0.25, 0.3) is 0 Å². The van der Waals surface area contributed by atoms with Gasteiger partial charge in [-0.3, -0.25) is 9.36 Å². The van der Waals surface area contributed by atoms with Crippen molar-refractivity contribution in [2.45, 2.75) is 19.5 Å². The van der Waals surface area contributed by atoms with E-state index in [1.165, 1.54) is 0 Å². The molecule has 0 aliphatic carbocycles. The minimum atomic E-state index is 0.755. The van der Waals surface area contributed by atoms with Gasteiger partial charge in [-0.1, -0.05) is 10.4 Å². The lowest BCUT2D eigenvalue weighted by atomic mass is 10.4. The number of hydrogen-bond donors (Lipinski definition) is 1. The van der Waals surface area contributed by atoms with Gasteiger partial charge < -0.3 is 5.32 Å². The highest BCUT2D eigenvalue weighted by atomic mass is 15.4. The molecule has 0 amide bonds. The SMILES string of the molecule is Cn1cc(CNCCCn2ccnn2)nn1. The van der Waals surface area contributed by atoms with Gasteiger partial charge in [0, 0.05) is 32.5 Å². The molecular formula is C9H15N7. The largest absolute Gasteiger partial charge is 0.311 e. The Morgan fingerprint density at radius 1 is 1.38 bits per heavy atom. The molecule has 0 spiro atoms. The molecule has 2 aromatic heterocycles. The molecule has 0 radical (unpaired) electrons. The summed E-state index contributed by atoms with van der Waals surface area (Å²) >= 11 is 0. The Labute approximate surface area is 93.5 Å². The summed E-state index contributed by atoms with van der Waals surface area (Å²) in [6.07, 6.45) is 6.48. The van der Waals surface area contributed by atoms with Crippen LogP contribution in [0.15, 0.2) is 18.6 Å². The number of nitrogens with zero attached hydrogens (tertiary/aromatic N) is 6. The third-order valence-electron chi connectivity index (χ3n) is 2.17. The molecular weight excluding hydrogens is 206 g/mol. The van der Waals surface area contributed by atoms with Crippen LogP contribution in [0, 0.1) is 0 Å². The standard InChI is InChI=1S/C9H15N7/c1-15-8-9(12-14-15)7-10-3-2-5-16-6-4-11-13-16/h4,6,8,10H,2-3,5,7H2,1H3. The van der Waals surface area contributed by atoms with Crippen LogP contribution in [0.3, 0.4) is 0 Å². The minimum absolute atomic E-state index is 0.755. The first kappa shape index (κ1) is 10.7. The lowest BCUT2D eigenvalue weighted by molar-refractivity contribution is 0.528. The van der Waals surface area contributed by atoms with Gasteiger partial charge in [-0.05, 0) is 13.0 Å². The summed E-state index contributed by atoms with van der Waals surface area (Å²) in [5.41, 5.74) is 0.961. The maximum absolute atomic E-state index is 3.99. The maximum atomic E-state index is 3.99. The molecule has 7 heteroatoms. The predicted octanol–water partition coefficient (Wildman–Crippen LogP) is -0.413. The number of aryl methyl sites for hydroxylation is 2. The first-order valence-corrected chi connectivity index (χ1v) is 5.24. The zero-order chi connectivity index (χ0) is 11.2. The Bertz CT molecular complexity index is 405. The Morgan fingerprint density at radius 3 is 3.00 bits per heavy atom. The fourth-order valence-electron chi connectivity index (χ4n) is 1.41. The van der Waals surface area contributed by atoms with E-state index in [1.54, 1.807) is 10.9 Å². The van der Waals surface area contributed by atoms with Crippen LogP contribution < -0.4 is 5.32 Å². The average Bonchev–Trinajstić information content (AvgIpc) is 2.89. The zero-order valence-electron chi connectivity index (χ0n) is 9.24. The zero-order valence-corrected chi connectivity index (χ0v) is 9.24. The number of nitrogens with one attached hydrogen (secondary N) is 1. The van der Waals surface area contributed by atoms with E-state index >= 15 is 0 Å².